The number of rotatable bonds is 5. The van der Waals surface area contributed by atoms with Crippen LogP contribution in [0.4, 0.5) is 0 Å². The summed E-state index contributed by atoms with van der Waals surface area (Å²) in [6.07, 6.45) is 6.69. The van der Waals surface area contributed by atoms with Gasteiger partial charge >= 0.3 is 0 Å². The van der Waals surface area contributed by atoms with Crippen LogP contribution in [0.3, 0.4) is 0 Å². The van der Waals surface area contributed by atoms with Crippen LogP contribution in [0.15, 0.2) is 29.4 Å². The Balaban J connectivity index is 1.73. The molecule has 1 aromatic carbocycles. The van der Waals surface area contributed by atoms with Gasteiger partial charge in [0.25, 0.3) is 0 Å². The first-order valence-corrected chi connectivity index (χ1v) is 5.59. The van der Waals surface area contributed by atoms with E-state index in [1.165, 1.54) is 19.3 Å². The summed E-state index contributed by atoms with van der Waals surface area (Å²) >= 11 is 0. The van der Waals surface area contributed by atoms with Crippen molar-refractivity contribution in [3.05, 3.63) is 29.8 Å². The third-order valence-corrected chi connectivity index (χ3v) is 2.80. The minimum absolute atomic E-state index is 0.490. The van der Waals surface area contributed by atoms with Gasteiger partial charge in [-0.25, -0.2) is 0 Å². The highest BCUT2D eigenvalue weighted by Crippen LogP contribution is 2.24. The van der Waals surface area contributed by atoms with Crippen molar-refractivity contribution in [3.63, 3.8) is 0 Å². The molecule has 0 atom stereocenters. The van der Waals surface area contributed by atoms with Crippen molar-refractivity contribution < 1.29 is 9.57 Å². The molecule has 0 heterocycles. The standard InChI is InChI=1S/C13H16NO2/c1-15-13-7-5-12(6-8-13)10-16-14-9-11-3-2-4-11/h5-8,11H,2-4,10H2,1H3. The lowest BCUT2D eigenvalue weighted by Crippen LogP contribution is -2.11. The second-order valence-electron chi connectivity index (χ2n) is 3.97. The SMILES string of the molecule is COc1ccc(CO/N=[C]\C2CCC2)cc1. The van der Waals surface area contributed by atoms with Crippen molar-refractivity contribution in [2.75, 3.05) is 7.11 Å². The van der Waals surface area contributed by atoms with Gasteiger partial charge in [-0.3, -0.25) is 0 Å². The number of ether oxygens (including phenoxy) is 1. The summed E-state index contributed by atoms with van der Waals surface area (Å²) in [5.41, 5.74) is 1.08. The number of hydrogen-bond acceptors (Lipinski definition) is 3. The van der Waals surface area contributed by atoms with E-state index in [9.17, 15) is 0 Å². The highest BCUT2D eigenvalue weighted by molar-refractivity contribution is 5.60. The van der Waals surface area contributed by atoms with Gasteiger partial charge in [-0.2, -0.15) is 0 Å². The lowest BCUT2D eigenvalue weighted by molar-refractivity contribution is 0.129. The first-order chi connectivity index (χ1) is 7.88. The quantitative estimate of drug-likeness (QED) is 0.562. The fourth-order valence-corrected chi connectivity index (χ4v) is 1.48. The van der Waals surface area contributed by atoms with Crippen LogP contribution < -0.4 is 4.74 Å². The van der Waals surface area contributed by atoms with E-state index in [0.29, 0.717) is 12.5 Å². The molecule has 1 saturated carbocycles. The van der Waals surface area contributed by atoms with Crippen molar-refractivity contribution in [2.45, 2.75) is 25.9 Å². The van der Waals surface area contributed by atoms with Gasteiger partial charge < -0.3 is 9.57 Å². The topological polar surface area (TPSA) is 30.8 Å². The van der Waals surface area contributed by atoms with Crippen molar-refractivity contribution in [1.82, 2.24) is 0 Å². The van der Waals surface area contributed by atoms with Gasteiger partial charge in [0.05, 0.1) is 7.11 Å². The predicted molar refractivity (Wildman–Crippen MR) is 62.6 cm³/mol. The average molecular weight is 218 g/mol. The molecular weight excluding hydrogens is 202 g/mol. The Morgan fingerprint density at radius 2 is 2.06 bits per heavy atom. The lowest BCUT2D eigenvalue weighted by Gasteiger charge is -2.18. The van der Waals surface area contributed by atoms with E-state index in [0.717, 1.165) is 11.3 Å². The van der Waals surface area contributed by atoms with E-state index >= 15 is 0 Å². The molecule has 0 saturated heterocycles. The van der Waals surface area contributed by atoms with Gasteiger partial charge in [-0.05, 0) is 30.5 Å². The molecule has 16 heavy (non-hydrogen) atoms. The number of methoxy groups -OCH3 is 1. The van der Waals surface area contributed by atoms with E-state index in [2.05, 4.69) is 11.4 Å². The summed E-state index contributed by atoms with van der Waals surface area (Å²) in [7, 11) is 1.66. The molecule has 1 radical (unpaired) electrons. The molecule has 1 aromatic rings. The maximum Gasteiger partial charge on any atom is 0.142 e. The van der Waals surface area contributed by atoms with Gasteiger partial charge in [0.1, 0.15) is 18.6 Å². The van der Waals surface area contributed by atoms with Crippen LogP contribution in [0.1, 0.15) is 24.8 Å². The number of nitrogens with zero attached hydrogens (tertiary/aromatic N) is 1. The summed E-state index contributed by atoms with van der Waals surface area (Å²) in [6.45, 7) is 0.490. The number of hydrogen-bond donors (Lipinski definition) is 0. The van der Waals surface area contributed by atoms with Gasteiger partial charge in [0.2, 0.25) is 0 Å². The average Bonchev–Trinajstić information content (AvgIpc) is 2.27. The Labute approximate surface area is 96.1 Å². The van der Waals surface area contributed by atoms with Crippen molar-refractivity contribution in [2.24, 2.45) is 11.1 Å². The maximum atomic E-state index is 5.17. The second-order valence-corrected chi connectivity index (χ2v) is 3.97. The van der Waals surface area contributed by atoms with Crippen molar-refractivity contribution in [1.29, 1.82) is 0 Å². The van der Waals surface area contributed by atoms with Crippen LogP contribution in [0.5, 0.6) is 5.75 Å². The molecule has 0 bridgehead atoms. The minimum atomic E-state index is 0.490. The highest BCUT2D eigenvalue weighted by Gasteiger charge is 2.15. The maximum absolute atomic E-state index is 5.17. The summed E-state index contributed by atoms with van der Waals surface area (Å²) in [5, 5.41) is 3.85. The van der Waals surface area contributed by atoms with Crippen molar-refractivity contribution in [3.8, 4) is 5.75 Å². The van der Waals surface area contributed by atoms with E-state index in [1.54, 1.807) is 7.11 Å². The number of benzene rings is 1. The van der Waals surface area contributed by atoms with E-state index in [-0.39, 0.29) is 0 Å². The summed E-state index contributed by atoms with van der Waals surface area (Å²) in [6, 6.07) is 7.77. The largest absolute Gasteiger partial charge is 0.497 e. The van der Waals surface area contributed by atoms with Crippen molar-refractivity contribution >= 4 is 6.21 Å². The van der Waals surface area contributed by atoms with Crippen LogP contribution in [-0.2, 0) is 11.4 Å². The Morgan fingerprint density at radius 1 is 1.31 bits per heavy atom. The van der Waals surface area contributed by atoms with Crippen LogP contribution in [-0.4, -0.2) is 13.3 Å². The zero-order chi connectivity index (χ0) is 11.2. The molecule has 0 unspecified atom stereocenters. The Bertz CT molecular complexity index is 341. The smallest absolute Gasteiger partial charge is 0.142 e. The Kier molecular flexibility index (Phi) is 3.81. The van der Waals surface area contributed by atoms with Crippen LogP contribution in [0.2, 0.25) is 0 Å². The molecule has 1 aliphatic carbocycles. The predicted octanol–water partition coefficient (Wildman–Crippen LogP) is 2.87. The molecule has 1 aliphatic rings. The fourth-order valence-electron chi connectivity index (χ4n) is 1.48. The molecule has 1 fully saturated rings. The molecule has 0 amide bonds. The monoisotopic (exact) mass is 218 g/mol. The zero-order valence-corrected chi connectivity index (χ0v) is 9.48. The van der Waals surface area contributed by atoms with Gasteiger partial charge in [0, 0.05) is 5.92 Å². The molecule has 3 heteroatoms. The third kappa shape index (κ3) is 2.99. The molecular formula is C13H16NO2. The van der Waals surface area contributed by atoms with Crippen LogP contribution >= 0.6 is 0 Å². The fraction of sp³-hybridized carbons (Fsp3) is 0.462. The van der Waals surface area contributed by atoms with E-state index in [4.69, 9.17) is 9.57 Å². The zero-order valence-electron chi connectivity index (χ0n) is 9.48. The summed E-state index contributed by atoms with van der Waals surface area (Å²) < 4.78 is 5.07. The normalized spacial score (nSPS) is 16.1. The molecule has 0 aromatic heterocycles. The Morgan fingerprint density at radius 3 is 2.62 bits per heavy atom. The molecule has 0 spiro atoms. The highest BCUT2D eigenvalue weighted by atomic mass is 16.6. The molecule has 0 aliphatic heterocycles. The van der Waals surface area contributed by atoms with Gasteiger partial charge in [0.15, 0.2) is 0 Å². The summed E-state index contributed by atoms with van der Waals surface area (Å²) in [5.74, 6) is 1.38. The van der Waals surface area contributed by atoms with Gasteiger partial charge in [-0.1, -0.05) is 23.7 Å². The minimum Gasteiger partial charge on any atom is -0.497 e. The van der Waals surface area contributed by atoms with Gasteiger partial charge in [-0.15, -0.1) is 0 Å². The second kappa shape index (κ2) is 5.54. The van der Waals surface area contributed by atoms with E-state index < -0.39 is 0 Å². The van der Waals surface area contributed by atoms with Crippen LogP contribution in [0.25, 0.3) is 0 Å². The molecule has 2 rings (SSSR count). The van der Waals surface area contributed by atoms with Crippen LogP contribution in [0, 0.1) is 5.92 Å². The first kappa shape index (κ1) is 11.0. The molecule has 85 valence electrons. The molecule has 0 N–H and O–H groups in total. The van der Waals surface area contributed by atoms with E-state index in [1.807, 2.05) is 24.3 Å². The molecule has 3 nitrogen and oxygen atoms in total. The summed E-state index contributed by atoms with van der Waals surface area (Å²) in [4.78, 5) is 5.17. The third-order valence-electron chi connectivity index (χ3n) is 2.80. The first-order valence-electron chi connectivity index (χ1n) is 5.59. The Hall–Kier alpha value is -1.51. The lowest BCUT2D eigenvalue weighted by atomic mass is 9.87.